The summed E-state index contributed by atoms with van der Waals surface area (Å²) in [4.78, 5) is 29.9. The Morgan fingerprint density at radius 3 is 2.26 bits per heavy atom. The van der Waals surface area contributed by atoms with Crippen LogP contribution in [0.2, 0.25) is 0 Å². The van der Waals surface area contributed by atoms with Gasteiger partial charge >= 0.3 is 0 Å². The van der Waals surface area contributed by atoms with Crippen molar-refractivity contribution in [3.63, 3.8) is 0 Å². The minimum atomic E-state index is -0.277. The minimum absolute atomic E-state index is 0.164. The zero-order valence-corrected chi connectivity index (χ0v) is 19.0. The van der Waals surface area contributed by atoms with Gasteiger partial charge in [0.1, 0.15) is 5.82 Å². The summed E-state index contributed by atoms with van der Waals surface area (Å²) >= 11 is 0. The Bertz CT molecular complexity index is 1120. The summed E-state index contributed by atoms with van der Waals surface area (Å²) < 4.78 is 14.0. The van der Waals surface area contributed by atoms with E-state index in [1.807, 2.05) is 42.5 Å². The molecule has 0 atom stereocenters. The summed E-state index contributed by atoms with van der Waals surface area (Å²) in [5.74, 6) is -0.624. The molecule has 1 aliphatic rings. The lowest BCUT2D eigenvalue weighted by atomic mass is 10.1. The van der Waals surface area contributed by atoms with Crippen LogP contribution in [-0.4, -0.2) is 54.3 Å². The van der Waals surface area contributed by atoms with E-state index < -0.39 is 0 Å². The number of rotatable bonds is 7. The maximum Gasteiger partial charge on any atom is 0.257 e. The van der Waals surface area contributed by atoms with Crippen molar-refractivity contribution >= 4 is 23.2 Å². The predicted molar refractivity (Wildman–Crippen MR) is 132 cm³/mol. The standard InChI is InChI=1S/C27H29FN4O2/c28-24-13-6-4-9-21(24)19-31-15-8-16-32(18-17-31)20-26(33)30-25-14-7-5-12-23(25)27(34)29-22-10-2-1-3-11-22/h1-7,9-14H,8,15-20H2,(H,29,34)(H,30,33). The van der Waals surface area contributed by atoms with E-state index in [1.54, 1.807) is 30.3 Å². The lowest BCUT2D eigenvalue weighted by Crippen LogP contribution is -2.36. The van der Waals surface area contributed by atoms with Gasteiger partial charge in [-0.15, -0.1) is 0 Å². The van der Waals surface area contributed by atoms with Gasteiger partial charge < -0.3 is 10.6 Å². The van der Waals surface area contributed by atoms with E-state index >= 15 is 0 Å². The van der Waals surface area contributed by atoms with Crippen LogP contribution in [0, 0.1) is 5.82 Å². The van der Waals surface area contributed by atoms with Gasteiger partial charge in [0.05, 0.1) is 17.8 Å². The molecule has 0 aliphatic carbocycles. The molecule has 1 fully saturated rings. The lowest BCUT2D eigenvalue weighted by Gasteiger charge is -2.22. The number of nitrogens with zero attached hydrogens (tertiary/aromatic N) is 2. The van der Waals surface area contributed by atoms with Crippen LogP contribution in [0.4, 0.5) is 15.8 Å². The first kappa shape index (κ1) is 23.6. The first-order valence-electron chi connectivity index (χ1n) is 11.5. The van der Waals surface area contributed by atoms with Gasteiger partial charge in [0, 0.05) is 30.9 Å². The van der Waals surface area contributed by atoms with Gasteiger partial charge in [0.15, 0.2) is 0 Å². The second-order valence-electron chi connectivity index (χ2n) is 8.41. The molecule has 1 heterocycles. The summed E-state index contributed by atoms with van der Waals surface area (Å²) in [5.41, 5.74) is 2.28. The lowest BCUT2D eigenvalue weighted by molar-refractivity contribution is -0.117. The zero-order chi connectivity index (χ0) is 23.8. The van der Waals surface area contributed by atoms with Gasteiger partial charge in [-0.05, 0) is 49.8 Å². The number of nitrogens with one attached hydrogen (secondary N) is 2. The molecule has 2 amide bonds. The number of carbonyl (C=O) groups is 2. The smallest absolute Gasteiger partial charge is 0.257 e. The van der Waals surface area contributed by atoms with Gasteiger partial charge in [-0.2, -0.15) is 0 Å². The van der Waals surface area contributed by atoms with Crippen LogP contribution in [-0.2, 0) is 11.3 Å². The third-order valence-corrected chi connectivity index (χ3v) is 5.88. The van der Waals surface area contributed by atoms with Crippen LogP contribution < -0.4 is 10.6 Å². The summed E-state index contributed by atoms with van der Waals surface area (Å²) in [7, 11) is 0. The number of carbonyl (C=O) groups excluding carboxylic acids is 2. The number of hydrogen-bond donors (Lipinski definition) is 2. The van der Waals surface area contributed by atoms with Gasteiger partial charge in [-0.1, -0.05) is 48.5 Å². The molecule has 0 spiro atoms. The number of hydrogen-bond acceptors (Lipinski definition) is 4. The highest BCUT2D eigenvalue weighted by atomic mass is 19.1. The average Bonchev–Trinajstić information content (AvgIpc) is 3.06. The molecule has 1 aliphatic heterocycles. The molecule has 0 aromatic heterocycles. The number of anilines is 2. The Morgan fingerprint density at radius 2 is 1.44 bits per heavy atom. The molecule has 2 N–H and O–H groups in total. The van der Waals surface area contributed by atoms with Crippen LogP contribution in [0.5, 0.6) is 0 Å². The molecule has 3 aromatic carbocycles. The van der Waals surface area contributed by atoms with Crippen LogP contribution in [0.1, 0.15) is 22.3 Å². The second kappa shape index (κ2) is 11.5. The molecule has 7 heteroatoms. The van der Waals surface area contributed by atoms with Crippen molar-refractivity contribution in [1.29, 1.82) is 0 Å². The molecule has 1 saturated heterocycles. The van der Waals surface area contributed by atoms with E-state index in [0.29, 0.717) is 29.0 Å². The van der Waals surface area contributed by atoms with Crippen molar-refractivity contribution in [1.82, 2.24) is 9.80 Å². The Morgan fingerprint density at radius 1 is 0.765 bits per heavy atom. The van der Waals surface area contributed by atoms with E-state index in [2.05, 4.69) is 20.4 Å². The number of para-hydroxylation sites is 2. The molecule has 176 valence electrons. The molecule has 0 bridgehead atoms. The summed E-state index contributed by atoms with van der Waals surface area (Å²) in [6.45, 7) is 3.93. The highest BCUT2D eigenvalue weighted by molar-refractivity contribution is 6.10. The fourth-order valence-electron chi connectivity index (χ4n) is 4.11. The Balaban J connectivity index is 1.32. The van der Waals surface area contributed by atoms with E-state index in [4.69, 9.17) is 0 Å². The quantitative estimate of drug-likeness (QED) is 0.554. The molecular weight excluding hydrogens is 431 g/mol. The molecule has 4 rings (SSSR count). The topological polar surface area (TPSA) is 64.7 Å². The van der Waals surface area contributed by atoms with E-state index in [-0.39, 0.29) is 24.2 Å². The van der Waals surface area contributed by atoms with Gasteiger partial charge in [-0.3, -0.25) is 19.4 Å². The van der Waals surface area contributed by atoms with Crippen molar-refractivity contribution in [3.05, 3.63) is 95.8 Å². The van der Waals surface area contributed by atoms with Crippen molar-refractivity contribution in [2.75, 3.05) is 43.4 Å². The molecule has 3 aromatic rings. The highest BCUT2D eigenvalue weighted by Gasteiger charge is 2.19. The van der Waals surface area contributed by atoms with Crippen molar-refractivity contribution < 1.29 is 14.0 Å². The third-order valence-electron chi connectivity index (χ3n) is 5.88. The molecule has 34 heavy (non-hydrogen) atoms. The first-order chi connectivity index (χ1) is 16.6. The molecule has 0 unspecified atom stereocenters. The maximum atomic E-state index is 14.0. The van der Waals surface area contributed by atoms with Crippen LogP contribution >= 0.6 is 0 Å². The van der Waals surface area contributed by atoms with Gasteiger partial charge in [0.2, 0.25) is 5.91 Å². The SMILES string of the molecule is O=C(CN1CCCN(Cc2ccccc2F)CC1)Nc1ccccc1C(=O)Nc1ccccc1. The summed E-state index contributed by atoms with van der Waals surface area (Å²) in [5, 5.41) is 5.76. The van der Waals surface area contributed by atoms with Crippen molar-refractivity contribution in [2.24, 2.45) is 0 Å². The van der Waals surface area contributed by atoms with E-state index in [9.17, 15) is 14.0 Å². The van der Waals surface area contributed by atoms with Crippen molar-refractivity contribution in [3.8, 4) is 0 Å². The second-order valence-corrected chi connectivity index (χ2v) is 8.41. The highest BCUT2D eigenvalue weighted by Crippen LogP contribution is 2.18. The normalized spacial score (nSPS) is 14.9. The molecular formula is C27H29FN4O2. The Hall–Kier alpha value is -3.55. The third kappa shape index (κ3) is 6.50. The van der Waals surface area contributed by atoms with Gasteiger partial charge in [0.25, 0.3) is 5.91 Å². The fourth-order valence-corrected chi connectivity index (χ4v) is 4.11. The fraction of sp³-hybridized carbons (Fsp3) is 0.259. The molecule has 0 saturated carbocycles. The van der Waals surface area contributed by atoms with E-state index in [1.165, 1.54) is 6.07 Å². The number of halogens is 1. The van der Waals surface area contributed by atoms with Gasteiger partial charge in [-0.25, -0.2) is 4.39 Å². The molecule has 6 nitrogen and oxygen atoms in total. The average molecular weight is 461 g/mol. The first-order valence-corrected chi connectivity index (χ1v) is 11.5. The zero-order valence-electron chi connectivity index (χ0n) is 19.0. The Labute approximate surface area is 199 Å². The Kier molecular flexibility index (Phi) is 8.01. The summed E-state index contributed by atoms with van der Waals surface area (Å²) in [6.07, 6.45) is 0.901. The number of benzene rings is 3. The number of amides is 2. The largest absolute Gasteiger partial charge is 0.324 e. The van der Waals surface area contributed by atoms with Crippen LogP contribution in [0.25, 0.3) is 0 Å². The van der Waals surface area contributed by atoms with E-state index in [0.717, 1.165) is 32.6 Å². The summed E-state index contributed by atoms with van der Waals surface area (Å²) in [6, 6.07) is 23.1. The van der Waals surface area contributed by atoms with Crippen molar-refractivity contribution in [2.45, 2.75) is 13.0 Å². The van der Waals surface area contributed by atoms with Crippen LogP contribution in [0.15, 0.2) is 78.9 Å². The maximum absolute atomic E-state index is 14.0. The monoisotopic (exact) mass is 460 g/mol. The minimum Gasteiger partial charge on any atom is -0.324 e. The predicted octanol–water partition coefficient (Wildman–Crippen LogP) is 4.22. The molecule has 0 radical (unpaired) electrons. The van der Waals surface area contributed by atoms with Crippen LogP contribution in [0.3, 0.4) is 0 Å².